The molecule has 1 aromatic rings. The molecule has 0 saturated heterocycles. The highest BCUT2D eigenvalue weighted by Gasteiger charge is 2.13. The molecule has 0 aliphatic heterocycles. The highest BCUT2D eigenvalue weighted by atomic mass is 32.2. The second-order valence-corrected chi connectivity index (χ2v) is 3.61. The zero-order chi connectivity index (χ0) is 11.4. The first-order chi connectivity index (χ1) is 7.06. The molecule has 0 aromatic heterocycles. The van der Waals surface area contributed by atoms with Crippen molar-refractivity contribution >= 4 is 16.7 Å². The quantitative estimate of drug-likeness (QED) is 0.819. The summed E-state index contributed by atoms with van der Waals surface area (Å²) in [5, 5.41) is 0. The van der Waals surface area contributed by atoms with Gasteiger partial charge in [-0.25, -0.2) is 17.4 Å². The molecular formula is C9H7F3O2S. The van der Waals surface area contributed by atoms with E-state index in [2.05, 4.69) is 0 Å². The number of benzene rings is 1. The predicted molar refractivity (Wildman–Crippen MR) is 50.6 cm³/mol. The fraction of sp³-hybridized carbons (Fsp3) is 0.111. The smallest absolute Gasteiger partial charge is 0.266 e. The van der Waals surface area contributed by atoms with Gasteiger partial charge in [-0.2, -0.15) is 0 Å². The Morgan fingerprint density at radius 3 is 2.20 bits per heavy atom. The molecule has 0 aliphatic rings. The Balaban J connectivity index is 3.03. The molecule has 0 heterocycles. The van der Waals surface area contributed by atoms with Crippen molar-refractivity contribution in [1.29, 1.82) is 0 Å². The summed E-state index contributed by atoms with van der Waals surface area (Å²) in [6, 6.07) is 4.72. The topological polar surface area (TPSA) is 37.3 Å². The summed E-state index contributed by atoms with van der Waals surface area (Å²) in [5.74, 6) is 0. The third-order valence-electron chi connectivity index (χ3n) is 1.74. The number of halogens is 3. The van der Waals surface area contributed by atoms with Crippen molar-refractivity contribution in [2.75, 3.05) is 0 Å². The third-order valence-corrected chi connectivity index (χ3v) is 2.42. The second-order valence-electron chi connectivity index (χ2n) is 2.64. The van der Waals surface area contributed by atoms with Crippen LogP contribution in [0, 0.1) is 0 Å². The van der Waals surface area contributed by atoms with Crippen molar-refractivity contribution in [3.8, 4) is 0 Å². The molecule has 1 unspecified atom stereocenters. The van der Waals surface area contributed by atoms with Gasteiger partial charge in [-0.05, 0) is 17.7 Å². The van der Waals surface area contributed by atoms with Crippen molar-refractivity contribution in [3.63, 3.8) is 0 Å². The minimum atomic E-state index is -2.92. The Hall–Kier alpha value is -1.14. The lowest BCUT2D eigenvalue weighted by atomic mass is 10.1. The molecular weight excluding hydrogens is 229 g/mol. The molecule has 0 spiro atoms. The van der Waals surface area contributed by atoms with Crippen LogP contribution in [0.2, 0.25) is 0 Å². The fourth-order valence-electron chi connectivity index (χ4n) is 1.00. The Morgan fingerprint density at radius 2 is 1.87 bits per heavy atom. The Bertz CT molecular complexity index is 387. The minimum Gasteiger partial charge on any atom is -0.302 e. The lowest BCUT2D eigenvalue weighted by Gasteiger charge is -2.04. The fourth-order valence-corrected chi connectivity index (χ4v) is 1.37. The molecule has 1 rings (SSSR count). The standard InChI is InChI=1S/C9H7F3O2S/c10-5-8(9(11)12)6-1-3-7(4-2-6)15(13)14/h1-5,9H,(H,13,14). The largest absolute Gasteiger partial charge is 0.302 e. The summed E-state index contributed by atoms with van der Waals surface area (Å²) in [4.78, 5) is 0.0752. The number of allylic oxidation sites excluding steroid dienone is 1. The summed E-state index contributed by atoms with van der Waals surface area (Å²) in [6.07, 6.45) is -3.09. The zero-order valence-electron chi connectivity index (χ0n) is 7.36. The van der Waals surface area contributed by atoms with E-state index in [-0.39, 0.29) is 16.8 Å². The van der Waals surface area contributed by atoms with Gasteiger partial charge in [0.25, 0.3) is 6.43 Å². The lowest BCUT2D eigenvalue weighted by molar-refractivity contribution is 0.214. The van der Waals surface area contributed by atoms with E-state index in [0.717, 1.165) is 0 Å². The van der Waals surface area contributed by atoms with E-state index >= 15 is 0 Å². The lowest BCUT2D eigenvalue weighted by Crippen LogP contribution is -1.96. The Labute approximate surface area is 86.7 Å². The highest BCUT2D eigenvalue weighted by molar-refractivity contribution is 7.79. The average Bonchev–Trinajstić information content (AvgIpc) is 2.19. The molecule has 0 saturated carbocycles. The number of hydrogen-bond acceptors (Lipinski definition) is 1. The van der Waals surface area contributed by atoms with Gasteiger partial charge in [0.15, 0.2) is 11.1 Å². The van der Waals surface area contributed by atoms with E-state index in [1.807, 2.05) is 0 Å². The van der Waals surface area contributed by atoms with Crippen LogP contribution in [-0.2, 0) is 11.1 Å². The molecule has 15 heavy (non-hydrogen) atoms. The average molecular weight is 236 g/mol. The Kier molecular flexibility index (Phi) is 4.05. The summed E-state index contributed by atoms with van der Waals surface area (Å²) in [5.41, 5.74) is -0.757. The van der Waals surface area contributed by atoms with Crippen molar-refractivity contribution < 1.29 is 21.9 Å². The van der Waals surface area contributed by atoms with Crippen LogP contribution in [0.4, 0.5) is 13.2 Å². The van der Waals surface area contributed by atoms with Gasteiger partial charge in [-0.1, -0.05) is 12.1 Å². The number of hydrogen-bond donors (Lipinski definition) is 1. The monoisotopic (exact) mass is 236 g/mol. The maximum Gasteiger partial charge on any atom is 0.266 e. The Morgan fingerprint density at radius 1 is 1.33 bits per heavy atom. The first-order valence-electron chi connectivity index (χ1n) is 3.86. The first-order valence-corrected chi connectivity index (χ1v) is 4.96. The molecule has 0 radical (unpaired) electrons. The van der Waals surface area contributed by atoms with Gasteiger partial charge in [0.05, 0.1) is 16.8 Å². The van der Waals surface area contributed by atoms with Gasteiger partial charge in [0.1, 0.15) is 0 Å². The van der Waals surface area contributed by atoms with Gasteiger partial charge in [0, 0.05) is 0 Å². The van der Waals surface area contributed by atoms with Crippen LogP contribution < -0.4 is 0 Å². The summed E-state index contributed by atoms with van der Waals surface area (Å²) in [6.45, 7) is 0. The van der Waals surface area contributed by atoms with Crippen LogP contribution in [0.25, 0.3) is 5.57 Å². The maximum absolute atomic E-state index is 12.2. The molecule has 6 heteroatoms. The van der Waals surface area contributed by atoms with E-state index < -0.39 is 23.1 Å². The minimum absolute atomic E-state index is 0.0123. The highest BCUT2D eigenvalue weighted by Crippen LogP contribution is 2.22. The van der Waals surface area contributed by atoms with E-state index in [0.29, 0.717) is 0 Å². The van der Waals surface area contributed by atoms with Gasteiger partial charge in [-0.15, -0.1) is 0 Å². The van der Waals surface area contributed by atoms with Gasteiger partial charge < -0.3 is 4.55 Å². The molecule has 0 amide bonds. The molecule has 2 nitrogen and oxygen atoms in total. The van der Waals surface area contributed by atoms with E-state index in [1.54, 1.807) is 0 Å². The number of rotatable bonds is 3. The van der Waals surface area contributed by atoms with Gasteiger partial charge >= 0.3 is 0 Å². The summed E-state index contributed by atoms with van der Waals surface area (Å²) < 4.78 is 55.8. The summed E-state index contributed by atoms with van der Waals surface area (Å²) in [7, 11) is 0. The van der Waals surface area contributed by atoms with E-state index in [4.69, 9.17) is 4.55 Å². The van der Waals surface area contributed by atoms with Crippen LogP contribution >= 0.6 is 0 Å². The third kappa shape index (κ3) is 2.90. The molecule has 1 atom stereocenters. The van der Waals surface area contributed by atoms with Crippen molar-refractivity contribution in [1.82, 2.24) is 0 Å². The second kappa shape index (κ2) is 5.09. The van der Waals surface area contributed by atoms with Crippen LogP contribution in [0.1, 0.15) is 5.56 Å². The zero-order valence-corrected chi connectivity index (χ0v) is 8.18. The van der Waals surface area contributed by atoms with Crippen LogP contribution in [0.3, 0.4) is 0 Å². The van der Waals surface area contributed by atoms with E-state index in [1.165, 1.54) is 24.3 Å². The predicted octanol–water partition coefficient (Wildman–Crippen LogP) is 2.84. The number of alkyl halides is 2. The molecule has 0 fully saturated rings. The molecule has 1 N–H and O–H groups in total. The van der Waals surface area contributed by atoms with Crippen molar-refractivity contribution in [2.45, 2.75) is 11.3 Å². The van der Waals surface area contributed by atoms with Gasteiger partial charge in [-0.3, -0.25) is 0 Å². The molecule has 0 aliphatic carbocycles. The molecule has 1 aromatic carbocycles. The van der Waals surface area contributed by atoms with Gasteiger partial charge in [0.2, 0.25) is 0 Å². The van der Waals surface area contributed by atoms with Crippen molar-refractivity contribution in [3.05, 3.63) is 36.2 Å². The van der Waals surface area contributed by atoms with Crippen LogP contribution in [0.5, 0.6) is 0 Å². The summed E-state index contributed by atoms with van der Waals surface area (Å²) >= 11 is -2.16. The van der Waals surface area contributed by atoms with E-state index in [9.17, 15) is 17.4 Å². The van der Waals surface area contributed by atoms with Crippen molar-refractivity contribution in [2.24, 2.45) is 0 Å². The SMILES string of the molecule is O=S(O)c1ccc(C(=CF)C(F)F)cc1. The molecule has 0 bridgehead atoms. The first kappa shape index (κ1) is 11.9. The van der Waals surface area contributed by atoms with Crippen LogP contribution in [-0.4, -0.2) is 15.2 Å². The van der Waals surface area contributed by atoms with Crippen LogP contribution in [0.15, 0.2) is 35.5 Å². The molecule has 82 valence electrons. The normalized spacial score (nSPS) is 14.3. The maximum atomic E-state index is 12.2.